The third kappa shape index (κ3) is 4.04. The van der Waals surface area contributed by atoms with Crippen LogP contribution in [0.25, 0.3) is 0 Å². The second-order valence-corrected chi connectivity index (χ2v) is 5.51. The number of imidazole rings is 1. The van der Waals surface area contributed by atoms with Crippen molar-refractivity contribution in [2.75, 3.05) is 26.3 Å². The van der Waals surface area contributed by atoms with Gasteiger partial charge in [0.25, 0.3) is 0 Å². The van der Waals surface area contributed by atoms with Crippen molar-refractivity contribution in [3.63, 3.8) is 0 Å². The maximum absolute atomic E-state index is 12.0. The Morgan fingerprint density at radius 3 is 2.81 bits per heavy atom. The van der Waals surface area contributed by atoms with Crippen LogP contribution in [0.2, 0.25) is 0 Å². The number of hydrogen-bond acceptors (Lipinski definition) is 4. The van der Waals surface area contributed by atoms with Gasteiger partial charge in [0.2, 0.25) is 5.91 Å². The number of aliphatic hydroxyl groups is 1. The van der Waals surface area contributed by atoms with Crippen LogP contribution in [0.4, 0.5) is 0 Å². The molecule has 0 spiro atoms. The van der Waals surface area contributed by atoms with Crippen LogP contribution < -0.4 is 0 Å². The van der Waals surface area contributed by atoms with Crippen LogP contribution in [0.5, 0.6) is 0 Å². The average Bonchev–Trinajstić information content (AvgIpc) is 2.93. The Bertz CT molecular complexity index is 453. The SMILES string of the molecule is CCOCCC(=O)N1CCC([C@@H](O)c2nccn2C)CC1. The molecule has 1 fully saturated rings. The Hall–Kier alpha value is -1.40. The molecule has 1 aliphatic rings. The van der Waals surface area contributed by atoms with Crippen molar-refractivity contribution >= 4 is 5.91 Å². The van der Waals surface area contributed by atoms with Crippen LogP contribution in [-0.4, -0.2) is 51.8 Å². The van der Waals surface area contributed by atoms with Crippen LogP contribution >= 0.6 is 0 Å². The molecule has 0 aromatic carbocycles. The summed E-state index contributed by atoms with van der Waals surface area (Å²) in [6.07, 6.45) is 5.06. The van der Waals surface area contributed by atoms with Crippen LogP contribution in [0.1, 0.15) is 38.1 Å². The molecular formula is C15H25N3O3. The van der Waals surface area contributed by atoms with Crippen LogP contribution in [0, 0.1) is 5.92 Å². The first-order valence-electron chi connectivity index (χ1n) is 7.64. The Kier molecular flexibility index (Phi) is 5.76. The van der Waals surface area contributed by atoms with Gasteiger partial charge in [0.15, 0.2) is 0 Å². The minimum Gasteiger partial charge on any atom is -0.385 e. The van der Waals surface area contributed by atoms with Crippen LogP contribution in [0.15, 0.2) is 12.4 Å². The molecule has 0 aliphatic carbocycles. The zero-order chi connectivity index (χ0) is 15.2. The minimum atomic E-state index is -0.550. The van der Waals surface area contributed by atoms with Crippen molar-refractivity contribution in [2.45, 2.75) is 32.3 Å². The number of aryl methyl sites for hydroxylation is 1. The molecule has 21 heavy (non-hydrogen) atoms. The first-order valence-corrected chi connectivity index (χ1v) is 7.64. The average molecular weight is 295 g/mol. The van der Waals surface area contributed by atoms with Gasteiger partial charge in [0, 0.05) is 39.1 Å². The van der Waals surface area contributed by atoms with Gasteiger partial charge < -0.3 is 19.3 Å². The number of amides is 1. The lowest BCUT2D eigenvalue weighted by molar-refractivity contribution is -0.134. The van der Waals surface area contributed by atoms with E-state index in [1.807, 2.05) is 29.6 Å². The lowest BCUT2D eigenvalue weighted by atomic mass is 9.90. The highest BCUT2D eigenvalue weighted by atomic mass is 16.5. The van der Waals surface area contributed by atoms with Gasteiger partial charge in [-0.1, -0.05) is 0 Å². The number of carbonyl (C=O) groups excluding carboxylic acids is 1. The number of hydrogen-bond donors (Lipinski definition) is 1. The second-order valence-electron chi connectivity index (χ2n) is 5.51. The molecule has 1 atom stereocenters. The topological polar surface area (TPSA) is 67.6 Å². The molecule has 0 radical (unpaired) electrons. The monoisotopic (exact) mass is 295 g/mol. The van der Waals surface area contributed by atoms with E-state index in [0.29, 0.717) is 38.5 Å². The molecule has 2 rings (SSSR count). The smallest absolute Gasteiger partial charge is 0.224 e. The van der Waals surface area contributed by atoms with E-state index in [1.54, 1.807) is 6.20 Å². The molecule has 1 aliphatic heterocycles. The first-order chi connectivity index (χ1) is 10.1. The van der Waals surface area contributed by atoms with E-state index in [9.17, 15) is 9.90 Å². The van der Waals surface area contributed by atoms with Gasteiger partial charge in [-0.25, -0.2) is 4.98 Å². The summed E-state index contributed by atoms with van der Waals surface area (Å²) in [4.78, 5) is 18.1. The third-order valence-electron chi connectivity index (χ3n) is 4.13. The van der Waals surface area contributed by atoms with E-state index in [-0.39, 0.29) is 11.8 Å². The zero-order valence-electron chi connectivity index (χ0n) is 12.9. The first kappa shape index (κ1) is 16.0. The molecule has 118 valence electrons. The highest BCUT2D eigenvalue weighted by Gasteiger charge is 2.29. The molecule has 1 aromatic rings. The molecule has 1 N–H and O–H groups in total. The fourth-order valence-electron chi connectivity index (χ4n) is 2.80. The van der Waals surface area contributed by atoms with Gasteiger partial charge in [0.1, 0.15) is 11.9 Å². The molecule has 6 nitrogen and oxygen atoms in total. The van der Waals surface area contributed by atoms with Crippen molar-refractivity contribution in [1.82, 2.24) is 14.5 Å². The molecule has 0 unspecified atom stereocenters. The van der Waals surface area contributed by atoms with Gasteiger partial charge in [-0.05, 0) is 25.7 Å². The predicted octanol–water partition coefficient (Wildman–Crippen LogP) is 1.12. The van der Waals surface area contributed by atoms with E-state index in [2.05, 4.69) is 4.98 Å². The Morgan fingerprint density at radius 1 is 1.52 bits per heavy atom. The van der Waals surface area contributed by atoms with E-state index >= 15 is 0 Å². The second kappa shape index (κ2) is 7.56. The van der Waals surface area contributed by atoms with E-state index in [1.165, 1.54) is 0 Å². The van der Waals surface area contributed by atoms with Gasteiger partial charge in [-0.15, -0.1) is 0 Å². The molecule has 1 amide bonds. The Morgan fingerprint density at radius 2 is 2.24 bits per heavy atom. The number of nitrogens with zero attached hydrogens (tertiary/aromatic N) is 3. The summed E-state index contributed by atoms with van der Waals surface area (Å²) in [5.74, 6) is 1.02. The quantitative estimate of drug-likeness (QED) is 0.799. The number of piperidine rings is 1. The van der Waals surface area contributed by atoms with Crippen molar-refractivity contribution in [3.05, 3.63) is 18.2 Å². The highest BCUT2D eigenvalue weighted by molar-refractivity contribution is 5.76. The van der Waals surface area contributed by atoms with Gasteiger partial charge in [0.05, 0.1) is 13.0 Å². The Labute approximate surface area is 125 Å². The zero-order valence-corrected chi connectivity index (χ0v) is 12.9. The maximum atomic E-state index is 12.0. The van der Waals surface area contributed by atoms with Crippen molar-refractivity contribution in [1.29, 1.82) is 0 Å². The standard InChI is InChI=1S/C15H25N3O3/c1-3-21-11-6-13(19)18-8-4-12(5-9-18)14(20)15-16-7-10-17(15)2/h7,10,12,14,20H,3-6,8-9,11H2,1-2H3/t14-/m1/s1. The summed E-state index contributed by atoms with van der Waals surface area (Å²) in [6, 6.07) is 0. The maximum Gasteiger partial charge on any atom is 0.224 e. The molecule has 1 saturated heterocycles. The van der Waals surface area contributed by atoms with E-state index in [4.69, 9.17) is 4.74 Å². The largest absolute Gasteiger partial charge is 0.385 e. The van der Waals surface area contributed by atoms with Gasteiger partial charge in [-0.3, -0.25) is 4.79 Å². The molecule has 6 heteroatoms. The van der Waals surface area contributed by atoms with Crippen molar-refractivity contribution < 1.29 is 14.6 Å². The molecular weight excluding hydrogens is 270 g/mol. The predicted molar refractivity (Wildman–Crippen MR) is 78.6 cm³/mol. The minimum absolute atomic E-state index is 0.147. The van der Waals surface area contributed by atoms with Gasteiger partial charge in [-0.2, -0.15) is 0 Å². The fourth-order valence-corrected chi connectivity index (χ4v) is 2.80. The van der Waals surface area contributed by atoms with E-state index in [0.717, 1.165) is 12.8 Å². The van der Waals surface area contributed by atoms with Crippen molar-refractivity contribution in [2.24, 2.45) is 13.0 Å². The van der Waals surface area contributed by atoms with Gasteiger partial charge >= 0.3 is 0 Å². The summed E-state index contributed by atoms with van der Waals surface area (Å²) in [5, 5.41) is 10.4. The number of aromatic nitrogens is 2. The molecule has 2 heterocycles. The number of carbonyl (C=O) groups is 1. The summed E-state index contributed by atoms with van der Waals surface area (Å²) >= 11 is 0. The molecule has 0 bridgehead atoms. The van der Waals surface area contributed by atoms with Crippen LogP contribution in [-0.2, 0) is 16.6 Å². The summed E-state index contributed by atoms with van der Waals surface area (Å²) < 4.78 is 7.07. The molecule has 0 saturated carbocycles. The number of aliphatic hydroxyl groups excluding tert-OH is 1. The summed E-state index contributed by atoms with van der Waals surface area (Å²) in [7, 11) is 1.89. The molecule has 1 aromatic heterocycles. The third-order valence-corrected chi connectivity index (χ3v) is 4.13. The highest BCUT2D eigenvalue weighted by Crippen LogP contribution is 2.29. The summed E-state index contributed by atoms with van der Waals surface area (Å²) in [5.41, 5.74) is 0. The Balaban J connectivity index is 1.80. The lowest BCUT2D eigenvalue weighted by Crippen LogP contribution is -2.40. The normalized spacial score (nSPS) is 18.0. The number of ether oxygens (including phenoxy) is 1. The number of likely N-dealkylation sites (tertiary alicyclic amines) is 1. The van der Waals surface area contributed by atoms with Crippen LogP contribution in [0.3, 0.4) is 0 Å². The fraction of sp³-hybridized carbons (Fsp3) is 0.733. The number of rotatable bonds is 6. The van der Waals surface area contributed by atoms with Crippen molar-refractivity contribution in [3.8, 4) is 0 Å². The lowest BCUT2D eigenvalue weighted by Gasteiger charge is -2.34. The summed E-state index contributed by atoms with van der Waals surface area (Å²) in [6.45, 7) is 4.47. The van der Waals surface area contributed by atoms with E-state index < -0.39 is 6.10 Å².